The number of carboxylic acid groups (broad SMARTS) is 1. The van der Waals surface area contributed by atoms with Gasteiger partial charge in [0.2, 0.25) is 11.8 Å². The van der Waals surface area contributed by atoms with E-state index in [1.807, 2.05) is 30.3 Å². The van der Waals surface area contributed by atoms with Crippen molar-refractivity contribution in [3.63, 3.8) is 0 Å². The zero-order valence-electron chi connectivity index (χ0n) is 17.9. The second-order valence-electron chi connectivity index (χ2n) is 7.72. The molecule has 1 fully saturated rings. The van der Waals surface area contributed by atoms with Gasteiger partial charge in [0.25, 0.3) is 5.91 Å². The molecule has 0 aromatic heterocycles. The first-order valence-electron chi connectivity index (χ1n) is 10.3. The van der Waals surface area contributed by atoms with Crippen LogP contribution in [0.4, 0.5) is 5.69 Å². The lowest BCUT2D eigenvalue weighted by molar-refractivity contribution is -0.147. The number of fused-ring (bicyclic) bond motifs is 2. The van der Waals surface area contributed by atoms with Gasteiger partial charge in [0, 0.05) is 13.1 Å². The van der Waals surface area contributed by atoms with E-state index in [9.17, 15) is 19.2 Å². The number of benzene rings is 2. The molecule has 172 valence electrons. The van der Waals surface area contributed by atoms with Crippen LogP contribution in [0.15, 0.2) is 42.5 Å². The summed E-state index contributed by atoms with van der Waals surface area (Å²) < 4.78 is 10.0. The molecule has 4 rings (SSSR count). The molecule has 2 N–H and O–H groups in total. The molecule has 10 nitrogen and oxygen atoms in total. The summed E-state index contributed by atoms with van der Waals surface area (Å²) in [5.41, 5.74) is 2.51. The highest BCUT2D eigenvalue weighted by Gasteiger charge is 2.40. The average Bonchev–Trinajstić information content (AvgIpc) is 2.92. The number of methoxy groups -OCH3 is 1. The van der Waals surface area contributed by atoms with Crippen LogP contribution in [0.25, 0.3) is 11.1 Å². The molecule has 0 aliphatic carbocycles. The number of aliphatic carboxylic acids is 1. The predicted octanol–water partition coefficient (Wildman–Crippen LogP) is 1.07. The Morgan fingerprint density at radius 2 is 1.79 bits per heavy atom. The van der Waals surface area contributed by atoms with Gasteiger partial charge in [-0.3, -0.25) is 14.4 Å². The molecule has 2 aliphatic rings. The zero-order valence-corrected chi connectivity index (χ0v) is 17.9. The van der Waals surface area contributed by atoms with E-state index in [1.165, 1.54) is 9.80 Å². The highest BCUT2D eigenvalue weighted by Crippen LogP contribution is 2.31. The highest BCUT2D eigenvalue weighted by atomic mass is 16.5. The summed E-state index contributed by atoms with van der Waals surface area (Å²) in [7, 11) is 1.59. The van der Waals surface area contributed by atoms with Crippen LogP contribution in [-0.2, 0) is 19.1 Å². The Balaban J connectivity index is 1.53. The first-order valence-corrected chi connectivity index (χ1v) is 10.3. The van der Waals surface area contributed by atoms with Crippen LogP contribution in [0, 0.1) is 0 Å². The minimum atomic E-state index is -1.17. The molecule has 0 radical (unpaired) electrons. The molecule has 3 amide bonds. The lowest BCUT2D eigenvalue weighted by Crippen LogP contribution is -2.60. The maximum Gasteiger partial charge on any atom is 0.329 e. The number of amides is 3. The van der Waals surface area contributed by atoms with E-state index in [2.05, 4.69) is 5.32 Å². The maximum absolute atomic E-state index is 13.3. The van der Waals surface area contributed by atoms with E-state index in [1.54, 1.807) is 19.2 Å². The third-order valence-corrected chi connectivity index (χ3v) is 5.68. The van der Waals surface area contributed by atoms with Crippen molar-refractivity contribution < 1.29 is 33.8 Å². The summed E-state index contributed by atoms with van der Waals surface area (Å²) in [6.07, 6.45) is 0. The summed E-state index contributed by atoms with van der Waals surface area (Å²) in [5, 5.41) is 11.4. The number of hydrogen-bond donors (Lipinski definition) is 2. The molecule has 2 aliphatic heterocycles. The Hall–Kier alpha value is -3.92. The fourth-order valence-electron chi connectivity index (χ4n) is 3.96. The van der Waals surface area contributed by atoms with Gasteiger partial charge in [-0.05, 0) is 35.4 Å². The molecule has 33 heavy (non-hydrogen) atoms. The van der Waals surface area contributed by atoms with Crippen molar-refractivity contribution in [1.29, 1.82) is 0 Å². The number of hydrogen-bond acceptors (Lipinski definition) is 6. The van der Waals surface area contributed by atoms with Gasteiger partial charge in [-0.2, -0.15) is 0 Å². The molecule has 2 aromatic carbocycles. The average molecular weight is 453 g/mol. The largest absolute Gasteiger partial charge is 0.497 e. The van der Waals surface area contributed by atoms with Gasteiger partial charge in [-0.15, -0.1) is 0 Å². The minimum absolute atomic E-state index is 0.00611. The Labute approximate surface area is 189 Å². The molecule has 10 heteroatoms. The van der Waals surface area contributed by atoms with Gasteiger partial charge in [0.1, 0.15) is 25.0 Å². The fraction of sp³-hybridized carbons (Fsp3) is 0.304. The van der Waals surface area contributed by atoms with E-state index in [0.717, 1.165) is 16.9 Å². The van der Waals surface area contributed by atoms with Crippen molar-refractivity contribution in [2.45, 2.75) is 6.04 Å². The van der Waals surface area contributed by atoms with Gasteiger partial charge in [-0.1, -0.05) is 18.2 Å². The van der Waals surface area contributed by atoms with Crippen molar-refractivity contribution >= 4 is 29.4 Å². The summed E-state index contributed by atoms with van der Waals surface area (Å²) in [5.74, 6) is -1.56. The van der Waals surface area contributed by atoms with Crippen LogP contribution in [0.3, 0.4) is 0 Å². The molecule has 2 heterocycles. The quantitative estimate of drug-likeness (QED) is 0.670. The number of carboxylic acids is 1. The number of carbonyl (C=O) groups excluding carboxylic acids is 3. The van der Waals surface area contributed by atoms with Crippen molar-refractivity contribution in [2.75, 3.05) is 45.3 Å². The van der Waals surface area contributed by atoms with Gasteiger partial charge in [0.05, 0.1) is 24.9 Å². The van der Waals surface area contributed by atoms with E-state index in [4.69, 9.17) is 14.6 Å². The smallest absolute Gasteiger partial charge is 0.329 e. The third-order valence-electron chi connectivity index (χ3n) is 5.68. The fourth-order valence-corrected chi connectivity index (χ4v) is 3.96. The number of ether oxygens (including phenoxy) is 2. The molecular formula is C23H23N3O7. The van der Waals surface area contributed by atoms with Gasteiger partial charge in [0.15, 0.2) is 0 Å². The van der Waals surface area contributed by atoms with Gasteiger partial charge in [-0.25, -0.2) is 4.79 Å². The normalized spacial score (nSPS) is 17.5. The summed E-state index contributed by atoms with van der Waals surface area (Å²) >= 11 is 0. The summed E-state index contributed by atoms with van der Waals surface area (Å²) in [4.78, 5) is 52.0. The molecule has 2 aromatic rings. The molecule has 0 saturated carbocycles. The van der Waals surface area contributed by atoms with Crippen LogP contribution >= 0.6 is 0 Å². The molecule has 0 bridgehead atoms. The zero-order chi connectivity index (χ0) is 23.5. The highest BCUT2D eigenvalue weighted by molar-refractivity contribution is 6.10. The molecule has 1 unspecified atom stereocenters. The second-order valence-corrected chi connectivity index (χ2v) is 7.72. The van der Waals surface area contributed by atoms with E-state index in [-0.39, 0.29) is 31.4 Å². The predicted molar refractivity (Wildman–Crippen MR) is 117 cm³/mol. The lowest BCUT2D eigenvalue weighted by atomic mass is 10.0. The molecule has 1 atom stereocenters. The second kappa shape index (κ2) is 9.29. The van der Waals surface area contributed by atoms with Crippen molar-refractivity contribution in [3.8, 4) is 16.9 Å². The van der Waals surface area contributed by atoms with Crippen LogP contribution in [0.1, 0.15) is 10.4 Å². The third kappa shape index (κ3) is 4.65. The Morgan fingerprint density at radius 3 is 2.48 bits per heavy atom. The maximum atomic E-state index is 13.3. The standard InChI is InChI=1S/C23H23N3O7/c1-32-16-5-2-14(3-6-16)15-4-7-18-17(10-15)23(31)26-9-8-25(11-19(26)22(30)24-18)20(27)12-33-13-21(28)29/h2-7,10,19H,8-9,11-13H2,1H3,(H,24,30)(H,28,29). The number of carbonyl (C=O) groups is 4. The van der Waals surface area contributed by atoms with Crippen molar-refractivity contribution in [1.82, 2.24) is 9.80 Å². The summed E-state index contributed by atoms with van der Waals surface area (Å²) in [6, 6.07) is 11.9. The van der Waals surface area contributed by atoms with Crippen LogP contribution in [0.5, 0.6) is 5.75 Å². The van der Waals surface area contributed by atoms with E-state index >= 15 is 0 Å². The van der Waals surface area contributed by atoms with Gasteiger partial charge >= 0.3 is 5.97 Å². The molecule has 0 spiro atoms. The SMILES string of the molecule is COc1ccc(-c2ccc3c(c2)C(=O)N2CCN(C(=O)COCC(=O)O)CC2C(=O)N3)cc1. The van der Waals surface area contributed by atoms with Gasteiger partial charge < -0.3 is 29.7 Å². The Bertz CT molecular complexity index is 1100. The monoisotopic (exact) mass is 453 g/mol. The Morgan fingerprint density at radius 1 is 1.06 bits per heavy atom. The van der Waals surface area contributed by atoms with E-state index in [0.29, 0.717) is 11.3 Å². The lowest BCUT2D eigenvalue weighted by Gasteiger charge is -2.39. The minimum Gasteiger partial charge on any atom is -0.497 e. The molecule has 1 saturated heterocycles. The van der Waals surface area contributed by atoms with Crippen LogP contribution < -0.4 is 10.1 Å². The van der Waals surface area contributed by atoms with Crippen LogP contribution in [0.2, 0.25) is 0 Å². The Kier molecular flexibility index (Phi) is 6.27. The number of nitrogens with one attached hydrogen (secondary N) is 1. The molecular weight excluding hydrogens is 430 g/mol. The first kappa shape index (κ1) is 22.3. The summed E-state index contributed by atoms with van der Waals surface area (Å²) in [6.45, 7) is -0.585. The van der Waals surface area contributed by atoms with E-state index < -0.39 is 31.1 Å². The number of anilines is 1. The number of piperazine rings is 1. The van der Waals surface area contributed by atoms with Crippen molar-refractivity contribution in [3.05, 3.63) is 48.0 Å². The number of rotatable bonds is 6. The number of nitrogens with zero attached hydrogens (tertiary/aromatic N) is 2. The first-order chi connectivity index (χ1) is 15.9. The van der Waals surface area contributed by atoms with Crippen molar-refractivity contribution in [2.24, 2.45) is 0 Å². The topological polar surface area (TPSA) is 125 Å². The van der Waals surface area contributed by atoms with Crippen LogP contribution in [-0.4, -0.2) is 84.6 Å².